The smallest absolute Gasteiger partial charge is 0.407 e. The van der Waals surface area contributed by atoms with E-state index in [0.717, 1.165) is 5.56 Å². The van der Waals surface area contributed by atoms with Gasteiger partial charge in [0.1, 0.15) is 6.61 Å². The Morgan fingerprint density at radius 2 is 2.05 bits per heavy atom. The number of benzene rings is 1. The minimum absolute atomic E-state index is 0.226. The minimum atomic E-state index is -0.927. The lowest BCUT2D eigenvalue weighted by atomic mass is 10.0. The number of alkyl carbamates (subject to hydrolysis) is 1. The highest BCUT2D eigenvalue weighted by Crippen LogP contribution is 2.19. The number of ether oxygens (including phenoxy) is 2. The van der Waals surface area contributed by atoms with Gasteiger partial charge in [-0.1, -0.05) is 30.3 Å². The largest absolute Gasteiger partial charge is 0.445 e. The third-order valence-electron chi connectivity index (χ3n) is 3.31. The van der Waals surface area contributed by atoms with Crippen molar-refractivity contribution < 1.29 is 24.5 Å². The summed E-state index contributed by atoms with van der Waals surface area (Å²) < 4.78 is 10.3. The van der Waals surface area contributed by atoms with Crippen molar-refractivity contribution in [3.8, 4) is 0 Å². The standard InChI is InChI=1S/C15H21NO5/c17-12-8-13(21-14(18)9-12)6-7-16-15(19)20-10-11-4-2-1-3-5-11/h1-5,12-14,17-18H,6-10H2,(H,16,19)/t12-,13-,14?/m1/s1. The van der Waals surface area contributed by atoms with Crippen LogP contribution < -0.4 is 5.32 Å². The molecule has 0 aromatic heterocycles. The van der Waals surface area contributed by atoms with Crippen molar-refractivity contribution in [1.29, 1.82) is 0 Å². The van der Waals surface area contributed by atoms with Gasteiger partial charge in [-0.3, -0.25) is 0 Å². The third kappa shape index (κ3) is 5.71. The molecule has 6 nitrogen and oxygen atoms in total. The van der Waals surface area contributed by atoms with Crippen molar-refractivity contribution in [2.24, 2.45) is 0 Å². The number of aliphatic hydroxyl groups excluding tert-OH is 2. The van der Waals surface area contributed by atoms with Crippen LogP contribution in [0.2, 0.25) is 0 Å². The molecule has 1 amide bonds. The van der Waals surface area contributed by atoms with Crippen LogP contribution in [0.1, 0.15) is 24.8 Å². The van der Waals surface area contributed by atoms with Gasteiger partial charge in [0, 0.05) is 13.0 Å². The molecule has 3 atom stereocenters. The first-order valence-corrected chi connectivity index (χ1v) is 7.09. The van der Waals surface area contributed by atoms with Crippen LogP contribution >= 0.6 is 0 Å². The second-order valence-electron chi connectivity index (χ2n) is 5.12. The van der Waals surface area contributed by atoms with E-state index in [4.69, 9.17) is 9.47 Å². The van der Waals surface area contributed by atoms with Gasteiger partial charge >= 0.3 is 6.09 Å². The van der Waals surface area contributed by atoms with Gasteiger partial charge in [-0.05, 0) is 18.4 Å². The zero-order chi connectivity index (χ0) is 15.1. The summed E-state index contributed by atoms with van der Waals surface area (Å²) in [4.78, 5) is 11.5. The van der Waals surface area contributed by atoms with Gasteiger partial charge in [-0.15, -0.1) is 0 Å². The Morgan fingerprint density at radius 1 is 1.29 bits per heavy atom. The third-order valence-corrected chi connectivity index (χ3v) is 3.31. The predicted octanol–water partition coefficient (Wildman–Crippen LogP) is 1.16. The predicted molar refractivity (Wildman–Crippen MR) is 75.4 cm³/mol. The van der Waals surface area contributed by atoms with Gasteiger partial charge in [-0.2, -0.15) is 0 Å². The average molecular weight is 295 g/mol. The van der Waals surface area contributed by atoms with Gasteiger partial charge in [0.05, 0.1) is 12.2 Å². The summed E-state index contributed by atoms with van der Waals surface area (Å²) in [5.74, 6) is 0. The molecule has 0 aliphatic carbocycles. The summed E-state index contributed by atoms with van der Waals surface area (Å²) in [6.45, 7) is 0.599. The Bertz CT molecular complexity index is 429. The molecule has 116 valence electrons. The number of aliphatic hydroxyl groups is 2. The van der Waals surface area contributed by atoms with Crippen LogP contribution in [-0.2, 0) is 16.1 Å². The van der Waals surface area contributed by atoms with Crippen molar-refractivity contribution in [2.75, 3.05) is 6.54 Å². The van der Waals surface area contributed by atoms with Crippen LogP contribution in [0.3, 0.4) is 0 Å². The average Bonchev–Trinajstić information content (AvgIpc) is 2.45. The Labute approximate surface area is 123 Å². The second kappa shape index (κ2) is 7.97. The molecule has 1 aromatic carbocycles. The zero-order valence-electron chi connectivity index (χ0n) is 11.8. The fourth-order valence-electron chi connectivity index (χ4n) is 2.26. The monoisotopic (exact) mass is 295 g/mol. The van der Waals surface area contributed by atoms with Gasteiger partial charge in [0.15, 0.2) is 6.29 Å². The molecule has 1 aliphatic rings. The topological polar surface area (TPSA) is 88.0 Å². The Balaban J connectivity index is 1.61. The van der Waals surface area contributed by atoms with Crippen LogP contribution in [0.25, 0.3) is 0 Å². The van der Waals surface area contributed by atoms with Crippen LogP contribution in [0.15, 0.2) is 30.3 Å². The Hall–Kier alpha value is -1.63. The highest BCUT2D eigenvalue weighted by atomic mass is 16.6. The summed E-state index contributed by atoms with van der Waals surface area (Å²) in [6, 6.07) is 9.43. The van der Waals surface area contributed by atoms with Crippen LogP contribution in [0.5, 0.6) is 0 Å². The van der Waals surface area contributed by atoms with Crippen molar-refractivity contribution in [3.05, 3.63) is 35.9 Å². The number of hydrogen-bond donors (Lipinski definition) is 3. The molecule has 1 unspecified atom stereocenters. The lowest BCUT2D eigenvalue weighted by molar-refractivity contribution is -0.189. The first-order valence-electron chi connectivity index (χ1n) is 7.09. The Kier molecular flexibility index (Phi) is 5.98. The highest BCUT2D eigenvalue weighted by molar-refractivity contribution is 5.67. The fraction of sp³-hybridized carbons (Fsp3) is 0.533. The van der Waals surface area contributed by atoms with Crippen LogP contribution in [-0.4, -0.2) is 41.3 Å². The van der Waals surface area contributed by atoms with E-state index in [1.807, 2.05) is 30.3 Å². The van der Waals surface area contributed by atoms with Gasteiger partial charge < -0.3 is 25.0 Å². The fourth-order valence-corrected chi connectivity index (χ4v) is 2.26. The maximum absolute atomic E-state index is 11.5. The number of amides is 1. The molecule has 3 N–H and O–H groups in total. The molecule has 0 bridgehead atoms. The summed E-state index contributed by atoms with van der Waals surface area (Å²) >= 11 is 0. The second-order valence-corrected chi connectivity index (χ2v) is 5.12. The van der Waals surface area contributed by atoms with Crippen LogP contribution in [0.4, 0.5) is 4.79 Å². The number of hydrogen-bond acceptors (Lipinski definition) is 5. The molecule has 1 aromatic rings. The Morgan fingerprint density at radius 3 is 2.76 bits per heavy atom. The number of rotatable bonds is 5. The molecule has 0 saturated carbocycles. The molecule has 21 heavy (non-hydrogen) atoms. The lowest BCUT2D eigenvalue weighted by Gasteiger charge is -2.30. The first-order chi connectivity index (χ1) is 10.1. The SMILES string of the molecule is O=C(NCC[C@@H]1C[C@@H](O)CC(O)O1)OCc1ccccc1. The molecule has 1 aliphatic heterocycles. The lowest BCUT2D eigenvalue weighted by Crippen LogP contribution is -2.37. The molecule has 1 saturated heterocycles. The summed E-state index contributed by atoms with van der Waals surface area (Å²) in [6.07, 6.45) is -0.989. The molecule has 1 fully saturated rings. The van der Waals surface area contributed by atoms with Crippen molar-refractivity contribution in [3.63, 3.8) is 0 Å². The van der Waals surface area contributed by atoms with Gasteiger partial charge in [0.25, 0.3) is 0 Å². The number of carbonyl (C=O) groups excluding carboxylic acids is 1. The molecule has 0 radical (unpaired) electrons. The molecule has 1 heterocycles. The van der Waals surface area contributed by atoms with E-state index in [9.17, 15) is 15.0 Å². The molecule has 0 spiro atoms. The van der Waals surface area contributed by atoms with Crippen molar-refractivity contribution in [1.82, 2.24) is 5.32 Å². The molecular weight excluding hydrogens is 274 g/mol. The van der Waals surface area contributed by atoms with E-state index in [1.165, 1.54) is 0 Å². The highest BCUT2D eigenvalue weighted by Gasteiger charge is 2.26. The molecule has 2 rings (SSSR count). The van der Waals surface area contributed by atoms with Crippen molar-refractivity contribution >= 4 is 6.09 Å². The first kappa shape index (κ1) is 15.8. The van der Waals surface area contributed by atoms with E-state index in [2.05, 4.69) is 5.32 Å². The molecule has 6 heteroatoms. The summed E-state index contributed by atoms with van der Waals surface area (Å²) in [5.41, 5.74) is 0.925. The van der Waals surface area contributed by atoms with Gasteiger partial charge in [-0.25, -0.2) is 4.79 Å². The van der Waals surface area contributed by atoms with E-state index >= 15 is 0 Å². The molecular formula is C15H21NO5. The van der Waals surface area contributed by atoms with E-state index in [-0.39, 0.29) is 19.1 Å². The summed E-state index contributed by atoms with van der Waals surface area (Å²) in [5, 5.41) is 21.5. The number of carbonyl (C=O) groups is 1. The summed E-state index contributed by atoms with van der Waals surface area (Å²) in [7, 11) is 0. The zero-order valence-corrected chi connectivity index (χ0v) is 11.8. The maximum Gasteiger partial charge on any atom is 0.407 e. The van der Waals surface area contributed by atoms with E-state index in [0.29, 0.717) is 19.4 Å². The normalized spacial score (nSPS) is 25.3. The minimum Gasteiger partial charge on any atom is -0.445 e. The van der Waals surface area contributed by atoms with E-state index in [1.54, 1.807) is 0 Å². The van der Waals surface area contributed by atoms with Gasteiger partial charge in [0.2, 0.25) is 0 Å². The van der Waals surface area contributed by atoms with Crippen LogP contribution in [0, 0.1) is 0 Å². The quantitative estimate of drug-likeness (QED) is 0.758. The van der Waals surface area contributed by atoms with Crippen molar-refractivity contribution in [2.45, 2.75) is 44.4 Å². The maximum atomic E-state index is 11.5. The number of nitrogens with one attached hydrogen (secondary N) is 1. The van der Waals surface area contributed by atoms with E-state index < -0.39 is 18.5 Å².